The summed E-state index contributed by atoms with van der Waals surface area (Å²) in [6, 6.07) is 6.70. The Morgan fingerprint density at radius 3 is 2.62 bits per heavy atom. The van der Waals surface area contributed by atoms with E-state index in [1.807, 2.05) is 26.0 Å². The van der Waals surface area contributed by atoms with Crippen LogP contribution in [0.5, 0.6) is 5.75 Å². The number of para-hydroxylation sites is 1. The number of aliphatic hydroxyl groups is 1. The van der Waals surface area contributed by atoms with E-state index < -0.39 is 0 Å². The van der Waals surface area contributed by atoms with Crippen molar-refractivity contribution in [3.63, 3.8) is 0 Å². The highest BCUT2D eigenvalue weighted by molar-refractivity contribution is 6.32. The average molecular weight is 315 g/mol. The Morgan fingerprint density at radius 2 is 2.05 bits per heavy atom. The first-order valence-electron chi connectivity index (χ1n) is 7.17. The molecule has 0 aliphatic carbocycles. The summed E-state index contributed by atoms with van der Waals surface area (Å²) in [5.41, 5.74) is 0. The highest BCUT2D eigenvalue weighted by atomic mass is 35.5. The van der Waals surface area contributed by atoms with E-state index in [1.54, 1.807) is 12.1 Å². The van der Waals surface area contributed by atoms with Crippen LogP contribution in [0.4, 0.5) is 4.79 Å². The van der Waals surface area contributed by atoms with Gasteiger partial charge in [-0.3, -0.25) is 0 Å². The minimum absolute atomic E-state index is 0.0722. The number of rotatable bonds is 8. The molecule has 118 valence electrons. The van der Waals surface area contributed by atoms with E-state index in [9.17, 15) is 4.79 Å². The van der Waals surface area contributed by atoms with E-state index in [-0.39, 0.29) is 24.8 Å². The summed E-state index contributed by atoms with van der Waals surface area (Å²) in [5, 5.41) is 15.0. The Morgan fingerprint density at radius 1 is 1.33 bits per heavy atom. The van der Waals surface area contributed by atoms with Gasteiger partial charge < -0.3 is 20.5 Å². The lowest BCUT2D eigenvalue weighted by molar-refractivity contribution is 0.185. The molecule has 0 fully saturated rings. The van der Waals surface area contributed by atoms with Crippen molar-refractivity contribution in [1.29, 1.82) is 0 Å². The highest BCUT2D eigenvalue weighted by Crippen LogP contribution is 2.24. The lowest BCUT2D eigenvalue weighted by Gasteiger charge is -2.20. The zero-order valence-electron chi connectivity index (χ0n) is 12.4. The summed E-state index contributed by atoms with van der Waals surface area (Å²) in [7, 11) is 0. The van der Waals surface area contributed by atoms with E-state index in [1.165, 1.54) is 0 Å². The van der Waals surface area contributed by atoms with E-state index in [0.717, 1.165) is 6.42 Å². The molecule has 0 aromatic heterocycles. The Bertz CT molecular complexity index is 439. The monoisotopic (exact) mass is 314 g/mol. The molecule has 0 saturated heterocycles. The molecule has 6 heteroatoms. The van der Waals surface area contributed by atoms with Gasteiger partial charge in [0.25, 0.3) is 0 Å². The lowest BCUT2D eigenvalue weighted by Crippen LogP contribution is -2.46. The molecule has 0 heterocycles. The number of urea groups is 1. The maximum absolute atomic E-state index is 11.7. The summed E-state index contributed by atoms with van der Waals surface area (Å²) in [4.78, 5) is 11.7. The molecule has 0 aliphatic rings. The first kappa shape index (κ1) is 17.6. The molecule has 0 radical (unpaired) electrons. The van der Waals surface area contributed by atoms with Crippen LogP contribution >= 0.6 is 11.6 Å². The summed E-state index contributed by atoms with van der Waals surface area (Å²) >= 11 is 6.04. The smallest absolute Gasteiger partial charge is 0.315 e. The number of halogens is 1. The van der Waals surface area contributed by atoms with E-state index in [0.29, 0.717) is 23.7 Å². The van der Waals surface area contributed by atoms with Crippen LogP contribution in [0.25, 0.3) is 0 Å². The van der Waals surface area contributed by atoms with E-state index >= 15 is 0 Å². The molecular weight excluding hydrogens is 292 g/mol. The number of hydrogen-bond acceptors (Lipinski definition) is 3. The topological polar surface area (TPSA) is 70.6 Å². The lowest BCUT2D eigenvalue weighted by atomic mass is 10.2. The van der Waals surface area contributed by atoms with Crippen molar-refractivity contribution in [3.8, 4) is 5.75 Å². The fourth-order valence-electron chi connectivity index (χ4n) is 1.71. The maximum Gasteiger partial charge on any atom is 0.315 e. The quantitative estimate of drug-likeness (QED) is 0.690. The van der Waals surface area contributed by atoms with Gasteiger partial charge >= 0.3 is 6.03 Å². The fraction of sp³-hybridized carbons (Fsp3) is 0.533. The molecule has 5 nitrogen and oxygen atoms in total. The third kappa shape index (κ3) is 6.23. The van der Waals surface area contributed by atoms with Gasteiger partial charge in [0.1, 0.15) is 11.9 Å². The molecule has 1 rings (SSSR count). The second kappa shape index (κ2) is 9.47. The minimum atomic E-state index is -0.308. The number of benzene rings is 1. The summed E-state index contributed by atoms with van der Waals surface area (Å²) in [6.45, 7) is 4.17. The van der Waals surface area contributed by atoms with Crippen LogP contribution < -0.4 is 15.4 Å². The highest BCUT2D eigenvalue weighted by Gasteiger charge is 2.13. The molecule has 1 aromatic rings. The van der Waals surface area contributed by atoms with Crippen LogP contribution in [-0.4, -0.2) is 36.4 Å². The van der Waals surface area contributed by atoms with Crippen LogP contribution in [0.15, 0.2) is 24.3 Å². The molecule has 1 aromatic carbocycles. The number of aliphatic hydroxyl groups excluding tert-OH is 1. The predicted molar refractivity (Wildman–Crippen MR) is 83.9 cm³/mol. The fourth-order valence-corrected chi connectivity index (χ4v) is 1.89. The van der Waals surface area contributed by atoms with Crippen molar-refractivity contribution >= 4 is 17.6 Å². The minimum Gasteiger partial charge on any atom is -0.487 e. The normalized spacial score (nSPS) is 13.3. The second-order valence-electron chi connectivity index (χ2n) is 4.72. The van der Waals surface area contributed by atoms with Gasteiger partial charge in [0.2, 0.25) is 0 Å². The van der Waals surface area contributed by atoms with Gasteiger partial charge in [-0.1, -0.05) is 37.6 Å². The third-order valence-electron chi connectivity index (χ3n) is 3.12. The molecule has 0 spiro atoms. The average Bonchev–Trinajstić information content (AvgIpc) is 2.50. The Kier molecular flexibility index (Phi) is 7.93. The van der Waals surface area contributed by atoms with Crippen LogP contribution in [-0.2, 0) is 0 Å². The van der Waals surface area contributed by atoms with Gasteiger partial charge in [-0.2, -0.15) is 0 Å². The molecule has 21 heavy (non-hydrogen) atoms. The molecule has 2 atom stereocenters. The van der Waals surface area contributed by atoms with Gasteiger partial charge in [-0.25, -0.2) is 4.79 Å². The zero-order chi connectivity index (χ0) is 15.7. The number of ether oxygens (including phenoxy) is 1. The molecule has 0 bridgehead atoms. The van der Waals surface area contributed by atoms with E-state index in [2.05, 4.69) is 10.6 Å². The molecule has 0 saturated carbocycles. The standard InChI is InChI=1S/C15H23ClN2O3/c1-3-11(10-19)18-15(20)17-9-12(4-2)21-14-8-6-5-7-13(14)16/h5-8,11-12,19H,3-4,9-10H2,1-2H3,(H2,17,18,20). The van der Waals surface area contributed by atoms with Crippen LogP contribution in [0.2, 0.25) is 5.02 Å². The SMILES string of the molecule is CCC(CO)NC(=O)NCC(CC)Oc1ccccc1Cl. The summed E-state index contributed by atoms with van der Waals surface area (Å²) in [5.74, 6) is 0.606. The molecular formula is C15H23ClN2O3. The van der Waals surface area contributed by atoms with Crippen molar-refractivity contribution in [2.45, 2.75) is 38.8 Å². The Hall–Kier alpha value is -1.46. The van der Waals surface area contributed by atoms with Crippen molar-refractivity contribution in [2.24, 2.45) is 0 Å². The summed E-state index contributed by atoms with van der Waals surface area (Å²) < 4.78 is 5.78. The molecule has 2 amide bonds. The van der Waals surface area contributed by atoms with Gasteiger partial charge in [-0.15, -0.1) is 0 Å². The number of carbonyl (C=O) groups excluding carboxylic acids is 1. The third-order valence-corrected chi connectivity index (χ3v) is 3.44. The van der Waals surface area contributed by atoms with Crippen molar-refractivity contribution in [1.82, 2.24) is 10.6 Å². The molecule has 0 aliphatic heterocycles. The zero-order valence-corrected chi connectivity index (χ0v) is 13.2. The van der Waals surface area contributed by atoms with Crippen molar-refractivity contribution in [3.05, 3.63) is 29.3 Å². The predicted octanol–water partition coefficient (Wildman–Crippen LogP) is 2.57. The number of hydrogen-bond donors (Lipinski definition) is 3. The number of amides is 2. The first-order chi connectivity index (χ1) is 10.1. The second-order valence-corrected chi connectivity index (χ2v) is 5.13. The Balaban J connectivity index is 2.44. The van der Waals surface area contributed by atoms with E-state index in [4.69, 9.17) is 21.4 Å². The van der Waals surface area contributed by atoms with Crippen molar-refractivity contribution < 1.29 is 14.6 Å². The van der Waals surface area contributed by atoms with Crippen molar-refractivity contribution in [2.75, 3.05) is 13.2 Å². The van der Waals surface area contributed by atoms with Gasteiger partial charge in [0.05, 0.1) is 24.2 Å². The first-order valence-corrected chi connectivity index (χ1v) is 7.54. The number of carbonyl (C=O) groups is 1. The summed E-state index contributed by atoms with van der Waals surface area (Å²) in [6.07, 6.45) is 1.25. The molecule has 3 N–H and O–H groups in total. The van der Waals surface area contributed by atoms with Gasteiger partial charge in [0.15, 0.2) is 0 Å². The number of nitrogens with one attached hydrogen (secondary N) is 2. The van der Waals surface area contributed by atoms with Crippen LogP contribution in [0.3, 0.4) is 0 Å². The molecule has 2 unspecified atom stereocenters. The Labute approximate surface area is 130 Å². The largest absolute Gasteiger partial charge is 0.487 e. The van der Waals surface area contributed by atoms with Crippen LogP contribution in [0.1, 0.15) is 26.7 Å². The van der Waals surface area contributed by atoms with Crippen LogP contribution in [0, 0.1) is 0 Å². The van der Waals surface area contributed by atoms with Gasteiger partial charge in [0, 0.05) is 0 Å². The maximum atomic E-state index is 11.7. The van der Waals surface area contributed by atoms with Gasteiger partial charge in [-0.05, 0) is 25.0 Å².